The molecule has 1 aliphatic heterocycles. The molecule has 0 aromatic heterocycles. The lowest BCUT2D eigenvalue weighted by molar-refractivity contribution is -0.298. The average Bonchev–Trinajstić information content (AvgIpc) is 3.14. The van der Waals surface area contributed by atoms with Crippen LogP contribution in [0.25, 0.3) is 0 Å². The van der Waals surface area contributed by atoms with Gasteiger partial charge in [0, 0.05) is 6.42 Å². The number of hydrogen-bond acceptors (Lipinski definition) is 11. The van der Waals surface area contributed by atoms with Crippen molar-refractivity contribution in [3.05, 3.63) is 12.2 Å². The fourth-order valence-corrected chi connectivity index (χ4v) is 7.42. The highest BCUT2D eigenvalue weighted by atomic mass is 32.3. The van der Waals surface area contributed by atoms with Crippen molar-refractivity contribution in [2.75, 3.05) is 13.2 Å². The Bertz CT molecular complexity index is 1040. The van der Waals surface area contributed by atoms with Crippen molar-refractivity contribution in [1.29, 1.82) is 0 Å². The predicted molar refractivity (Wildman–Crippen MR) is 217 cm³/mol. The van der Waals surface area contributed by atoms with Gasteiger partial charge in [0.1, 0.15) is 24.4 Å². The van der Waals surface area contributed by atoms with Gasteiger partial charge in [-0.2, -0.15) is 0 Å². The maximum atomic E-state index is 13.0. The van der Waals surface area contributed by atoms with Crippen LogP contribution in [0.3, 0.4) is 0 Å². The van der Waals surface area contributed by atoms with Crippen molar-refractivity contribution in [3.63, 3.8) is 0 Å². The lowest BCUT2D eigenvalue weighted by Crippen LogP contribution is -2.61. The van der Waals surface area contributed by atoms with E-state index in [9.17, 15) is 38.2 Å². The van der Waals surface area contributed by atoms with Crippen LogP contribution in [0.1, 0.15) is 187 Å². The van der Waals surface area contributed by atoms with Gasteiger partial charge in [-0.05, 0) is 19.3 Å². The second-order valence-electron chi connectivity index (χ2n) is 15.3. The number of nitrogens with one attached hydrogen (secondary N) is 1. The molecular formula is C41H82N2O11S. The molecule has 0 aliphatic carbocycles. The van der Waals surface area contributed by atoms with Crippen molar-refractivity contribution in [2.24, 2.45) is 0 Å². The molecule has 0 radical (unpaired) electrons. The van der Waals surface area contributed by atoms with E-state index in [1.165, 1.54) is 122 Å². The van der Waals surface area contributed by atoms with Gasteiger partial charge >= 0.3 is 0 Å². The molecule has 1 fully saturated rings. The van der Waals surface area contributed by atoms with Crippen molar-refractivity contribution < 1.29 is 51.8 Å². The monoisotopic (exact) mass is 811 g/mol. The Hall–Kier alpha value is -1.20. The standard InChI is InChI=1S/C41H79NO11S.H3N/c1-3-5-7-9-11-13-15-17-19-21-23-25-27-29-31-37(45)42-34(35(44)30-28-26-24-22-20-18-16-14-12-10-8-6-4-2)33-51-41-39(47)40(53-54(48,49)50)38(46)36(32-43)52-41;/h28,30,34-36,38-41,43-44,46-47H,3-27,29,31-33H2,1-2H3,(H,42,45)(H,48,49,50);1H3/b30-28+;/t34-,35+,36+,38-,39?,40?,41+;/m0./s1. The molecule has 1 aliphatic rings. The van der Waals surface area contributed by atoms with Crippen LogP contribution in [0.15, 0.2) is 12.2 Å². The molecule has 7 atom stereocenters. The topological polar surface area (TPSA) is 231 Å². The minimum Gasteiger partial charge on any atom is -0.726 e. The molecule has 2 unspecified atom stereocenters. The first-order valence-electron chi connectivity index (χ1n) is 21.6. The van der Waals surface area contributed by atoms with Gasteiger partial charge in [0.2, 0.25) is 16.3 Å². The van der Waals surface area contributed by atoms with Gasteiger partial charge in [0.25, 0.3) is 0 Å². The summed E-state index contributed by atoms with van der Waals surface area (Å²) in [6.07, 6.45) is 25.0. The van der Waals surface area contributed by atoms with Crippen molar-refractivity contribution in [2.45, 2.75) is 230 Å². The largest absolute Gasteiger partial charge is 0.726 e. The van der Waals surface area contributed by atoms with Crippen molar-refractivity contribution in [3.8, 4) is 0 Å². The zero-order valence-electron chi connectivity index (χ0n) is 34.8. The number of ether oxygens (including phenoxy) is 2. The van der Waals surface area contributed by atoms with E-state index in [0.29, 0.717) is 6.42 Å². The molecule has 13 nitrogen and oxygen atoms in total. The number of aliphatic hydroxyl groups is 4. The predicted octanol–water partition coefficient (Wildman–Crippen LogP) is 7.64. The van der Waals surface area contributed by atoms with E-state index < -0.39 is 59.9 Å². The summed E-state index contributed by atoms with van der Waals surface area (Å²) in [5.74, 6) is -0.271. The van der Waals surface area contributed by atoms with Crippen LogP contribution in [-0.2, 0) is 28.9 Å². The van der Waals surface area contributed by atoms with Crippen LogP contribution in [0.4, 0.5) is 0 Å². The summed E-state index contributed by atoms with van der Waals surface area (Å²) in [7, 11) is -5.33. The third-order valence-corrected chi connectivity index (χ3v) is 10.8. The number of carbonyl (C=O) groups excluding carboxylic acids is 1. The zero-order chi connectivity index (χ0) is 39.9. The lowest BCUT2D eigenvalue weighted by atomic mass is 9.99. The zero-order valence-corrected chi connectivity index (χ0v) is 35.6. The van der Waals surface area contributed by atoms with E-state index in [-0.39, 0.29) is 25.1 Å². The molecule has 0 spiro atoms. The second kappa shape index (κ2) is 34.8. The molecule has 1 heterocycles. The van der Waals surface area contributed by atoms with E-state index in [1.54, 1.807) is 6.08 Å². The molecule has 0 bridgehead atoms. The SMILES string of the molecule is CCCCCCCCCCCCC/C=C/[C@@H](O)[C@H](CO[C@@H]1O[C@H](CO)[C@H](O)C(OS(=O)(=O)[O-])C1O)NC(=O)CCCCCCCCCCCCCCCC.[NH4+]. The Morgan fingerprint density at radius 1 is 0.745 bits per heavy atom. The smallest absolute Gasteiger partial charge is 0.220 e. The highest BCUT2D eigenvalue weighted by Crippen LogP contribution is 2.26. The van der Waals surface area contributed by atoms with Gasteiger partial charge in [-0.25, -0.2) is 8.42 Å². The average molecular weight is 811 g/mol. The normalized spacial score (nSPS) is 21.4. The summed E-state index contributed by atoms with van der Waals surface area (Å²) in [5, 5.41) is 44.5. The van der Waals surface area contributed by atoms with Gasteiger partial charge < -0.3 is 45.9 Å². The van der Waals surface area contributed by atoms with Crippen LogP contribution in [0, 0.1) is 0 Å². The van der Waals surface area contributed by atoms with Crippen LogP contribution in [0.2, 0.25) is 0 Å². The van der Waals surface area contributed by atoms with E-state index in [2.05, 4.69) is 23.3 Å². The van der Waals surface area contributed by atoms with Crippen molar-refractivity contribution in [1.82, 2.24) is 11.5 Å². The third-order valence-electron chi connectivity index (χ3n) is 10.3. The first kappa shape index (κ1) is 53.8. The van der Waals surface area contributed by atoms with Crippen LogP contribution < -0.4 is 11.5 Å². The molecule has 328 valence electrons. The van der Waals surface area contributed by atoms with Crippen LogP contribution in [0.5, 0.6) is 0 Å². The molecule has 1 rings (SSSR count). The molecule has 55 heavy (non-hydrogen) atoms. The minimum absolute atomic E-state index is 0. The maximum Gasteiger partial charge on any atom is 0.220 e. The molecular weight excluding hydrogens is 729 g/mol. The first-order valence-corrected chi connectivity index (χ1v) is 22.9. The number of carbonyl (C=O) groups is 1. The van der Waals surface area contributed by atoms with E-state index in [0.717, 1.165) is 38.5 Å². The fourth-order valence-electron chi connectivity index (χ4n) is 6.92. The first-order chi connectivity index (χ1) is 26.0. The Morgan fingerprint density at radius 3 is 1.62 bits per heavy atom. The highest BCUT2D eigenvalue weighted by molar-refractivity contribution is 7.80. The summed E-state index contributed by atoms with van der Waals surface area (Å²) >= 11 is 0. The maximum absolute atomic E-state index is 13.0. The Kier molecular flexibility index (Phi) is 34.0. The molecule has 1 amide bonds. The van der Waals surface area contributed by atoms with E-state index in [1.807, 2.05) is 6.08 Å². The molecule has 0 saturated carbocycles. The fraction of sp³-hybridized carbons (Fsp3) is 0.927. The van der Waals surface area contributed by atoms with Crippen molar-refractivity contribution >= 4 is 16.3 Å². The van der Waals surface area contributed by atoms with Crippen LogP contribution in [-0.4, -0.2) is 95.4 Å². The van der Waals surface area contributed by atoms with Gasteiger partial charge in [-0.1, -0.05) is 174 Å². The van der Waals surface area contributed by atoms with Gasteiger partial charge in [-0.3, -0.25) is 8.98 Å². The molecule has 14 heteroatoms. The molecule has 0 aromatic rings. The summed E-state index contributed by atoms with van der Waals surface area (Å²) in [6.45, 7) is 3.33. The van der Waals surface area contributed by atoms with Gasteiger partial charge in [-0.15, -0.1) is 0 Å². The summed E-state index contributed by atoms with van der Waals surface area (Å²) < 4.78 is 49.2. The second-order valence-corrected chi connectivity index (χ2v) is 16.3. The number of rotatable bonds is 36. The van der Waals surface area contributed by atoms with Crippen LogP contribution >= 0.6 is 0 Å². The number of amides is 1. The molecule has 0 aromatic carbocycles. The quantitative estimate of drug-likeness (QED) is 0.0156. The van der Waals surface area contributed by atoms with Gasteiger partial charge in [0.15, 0.2) is 6.29 Å². The Labute approximate surface area is 334 Å². The Morgan fingerprint density at radius 2 is 1.18 bits per heavy atom. The summed E-state index contributed by atoms with van der Waals surface area (Å²) in [6, 6.07) is -0.949. The molecule has 9 N–H and O–H groups in total. The highest BCUT2D eigenvalue weighted by Gasteiger charge is 2.47. The number of aliphatic hydroxyl groups excluding tert-OH is 4. The third kappa shape index (κ3) is 28.0. The number of hydrogen-bond donors (Lipinski definition) is 6. The van der Waals surface area contributed by atoms with E-state index >= 15 is 0 Å². The lowest BCUT2D eigenvalue weighted by Gasteiger charge is -2.42. The number of allylic oxidation sites excluding steroid dienone is 1. The van der Waals surface area contributed by atoms with Gasteiger partial charge in [0.05, 0.1) is 25.4 Å². The summed E-state index contributed by atoms with van der Waals surface area (Å²) in [4.78, 5) is 13.0. The number of quaternary nitrogens is 1. The minimum atomic E-state index is -5.33. The molecule has 1 saturated heterocycles. The summed E-state index contributed by atoms with van der Waals surface area (Å²) in [5.41, 5.74) is 0. The number of unbranched alkanes of at least 4 members (excludes halogenated alkanes) is 24. The Balaban J connectivity index is 0.0000292. The van der Waals surface area contributed by atoms with E-state index in [4.69, 9.17) is 9.47 Å².